The Morgan fingerprint density at radius 3 is 2.30 bits per heavy atom. The van der Waals surface area contributed by atoms with Crippen LogP contribution >= 0.6 is 0 Å². The molecular formula is C13H19N3O4. The van der Waals surface area contributed by atoms with Crippen molar-refractivity contribution in [1.82, 2.24) is 15.1 Å². The molecule has 0 bridgehead atoms. The second-order valence-electron chi connectivity index (χ2n) is 5.20. The zero-order valence-corrected chi connectivity index (χ0v) is 11.2. The van der Waals surface area contributed by atoms with Crippen molar-refractivity contribution in [2.75, 3.05) is 32.7 Å². The Morgan fingerprint density at radius 1 is 1.10 bits per heavy atom. The maximum atomic E-state index is 11.8. The first kappa shape index (κ1) is 14.5. The van der Waals surface area contributed by atoms with Crippen molar-refractivity contribution < 1.29 is 19.5 Å². The molecule has 2 fully saturated rings. The van der Waals surface area contributed by atoms with E-state index >= 15 is 0 Å². The van der Waals surface area contributed by atoms with Crippen LogP contribution in [0, 0.1) is 5.92 Å². The van der Waals surface area contributed by atoms with Gasteiger partial charge in [-0.05, 0) is 18.8 Å². The second-order valence-corrected chi connectivity index (χ2v) is 5.20. The Balaban J connectivity index is 1.70. The van der Waals surface area contributed by atoms with Gasteiger partial charge in [0.15, 0.2) is 0 Å². The second kappa shape index (κ2) is 6.51. The molecule has 0 spiro atoms. The van der Waals surface area contributed by atoms with Crippen molar-refractivity contribution in [2.24, 2.45) is 5.92 Å². The first-order valence-electron chi connectivity index (χ1n) is 6.78. The van der Waals surface area contributed by atoms with Gasteiger partial charge in [-0.15, -0.1) is 0 Å². The third kappa shape index (κ3) is 4.65. The van der Waals surface area contributed by atoms with Crippen LogP contribution < -0.4 is 5.32 Å². The van der Waals surface area contributed by atoms with Crippen molar-refractivity contribution in [3.8, 4) is 0 Å². The summed E-state index contributed by atoms with van der Waals surface area (Å²) >= 11 is 0. The van der Waals surface area contributed by atoms with Gasteiger partial charge < -0.3 is 10.0 Å². The Hall–Kier alpha value is -1.89. The van der Waals surface area contributed by atoms with Crippen LogP contribution in [0.15, 0.2) is 12.2 Å². The Morgan fingerprint density at radius 2 is 1.75 bits per heavy atom. The number of carbonyl (C=O) groups excluding carboxylic acids is 2. The summed E-state index contributed by atoms with van der Waals surface area (Å²) in [4.78, 5) is 37.3. The molecule has 1 saturated heterocycles. The number of hydrogen-bond acceptors (Lipinski definition) is 4. The summed E-state index contributed by atoms with van der Waals surface area (Å²) in [6.45, 7) is 3.94. The van der Waals surface area contributed by atoms with Crippen molar-refractivity contribution in [3.05, 3.63) is 12.2 Å². The van der Waals surface area contributed by atoms with E-state index < -0.39 is 17.9 Å². The molecule has 0 aromatic carbocycles. The highest BCUT2D eigenvalue weighted by Crippen LogP contribution is 2.29. The van der Waals surface area contributed by atoms with Crippen LogP contribution in [0.5, 0.6) is 0 Å². The maximum absolute atomic E-state index is 11.8. The lowest BCUT2D eigenvalue weighted by Gasteiger charge is -2.34. The van der Waals surface area contributed by atoms with Crippen LogP contribution in [0.1, 0.15) is 12.8 Å². The molecule has 2 rings (SSSR count). The molecule has 1 saturated carbocycles. The molecule has 2 aliphatic rings. The minimum absolute atomic E-state index is 0.462. The number of imide groups is 1. The van der Waals surface area contributed by atoms with Gasteiger partial charge in [0.25, 0.3) is 5.91 Å². The minimum Gasteiger partial charge on any atom is -0.478 e. The van der Waals surface area contributed by atoms with Crippen LogP contribution in [0.2, 0.25) is 0 Å². The molecule has 0 aromatic rings. The van der Waals surface area contributed by atoms with Gasteiger partial charge in [0.05, 0.1) is 0 Å². The average molecular weight is 281 g/mol. The fraction of sp³-hybridized carbons (Fsp3) is 0.615. The third-order valence-electron chi connectivity index (χ3n) is 3.48. The van der Waals surface area contributed by atoms with E-state index in [-0.39, 0.29) is 0 Å². The summed E-state index contributed by atoms with van der Waals surface area (Å²) in [6.07, 6.45) is 4.16. The molecule has 1 heterocycles. The SMILES string of the molecule is O=C(O)C=CC(=O)NC(=O)N1CCN(CC2CC2)CC1. The van der Waals surface area contributed by atoms with Gasteiger partial charge in [0.2, 0.25) is 0 Å². The molecule has 0 radical (unpaired) electrons. The van der Waals surface area contributed by atoms with Gasteiger partial charge in [-0.1, -0.05) is 0 Å². The lowest BCUT2D eigenvalue weighted by Crippen LogP contribution is -2.52. The number of rotatable bonds is 4. The van der Waals surface area contributed by atoms with Gasteiger partial charge in [-0.2, -0.15) is 0 Å². The van der Waals surface area contributed by atoms with Gasteiger partial charge in [-0.3, -0.25) is 15.0 Å². The number of piperazine rings is 1. The number of nitrogens with one attached hydrogen (secondary N) is 1. The van der Waals surface area contributed by atoms with E-state index in [0.717, 1.165) is 31.6 Å². The van der Waals surface area contributed by atoms with Crippen molar-refractivity contribution in [2.45, 2.75) is 12.8 Å². The normalized spacial score (nSPS) is 20.1. The number of carboxylic acid groups (broad SMARTS) is 1. The molecular weight excluding hydrogens is 262 g/mol. The first-order chi connectivity index (χ1) is 9.54. The number of carboxylic acids is 1. The van der Waals surface area contributed by atoms with E-state index in [1.165, 1.54) is 12.8 Å². The minimum atomic E-state index is -1.22. The Bertz CT molecular complexity index is 423. The Kier molecular flexibility index (Phi) is 4.73. The summed E-state index contributed by atoms with van der Waals surface area (Å²) in [5.41, 5.74) is 0. The summed E-state index contributed by atoms with van der Waals surface area (Å²) in [7, 11) is 0. The number of carbonyl (C=O) groups is 3. The van der Waals surface area contributed by atoms with Crippen molar-refractivity contribution in [3.63, 3.8) is 0 Å². The smallest absolute Gasteiger partial charge is 0.328 e. The number of aliphatic carboxylic acids is 1. The first-order valence-corrected chi connectivity index (χ1v) is 6.78. The zero-order valence-electron chi connectivity index (χ0n) is 11.2. The molecule has 3 amide bonds. The third-order valence-corrected chi connectivity index (χ3v) is 3.48. The molecule has 1 aliphatic heterocycles. The van der Waals surface area contributed by atoms with E-state index in [9.17, 15) is 14.4 Å². The number of amides is 3. The maximum Gasteiger partial charge on any atom is 0.328 e. The van der Waals surface area contributed by atoms with Crippen LogP contribution in [-0.2, 0) is 9.59 Å². The summed E-state index contributed by atoms with van der Waals surface area (Å²) < 4.78 is 0. The van der Waals surface area contributed by atoms with Crippen LogP contribution in [0.4, 0.5) is 4.79 Å². The predicted octanol–water partition coefficient (Wildman–Crippen LogP) is -0.109. The van der Waals surface area contributed by atoms with Gasteiger partial charge in [0.1, 0.15) is 0 Å². The van der Waals surface area contributed by atoms with E-state index in [2.05, 4.69) is 10.2 Å². The van der Waals surface area contributed by atoms with E-state index in [4.69, 9.17) is 5.11 Å². The van der Waals surface area contributed by atoms with Gasteiger partial charge >= 0.3 is 12.0 Å². The largest absolute Gasteiger partial charge is 0.478 e. The molecule has 110 valence electrons. The Labute approximate surface area is 117 Å². The van der Waals surface area contributed by atoms with E-state index in [0.29, 0.717) is 19.2 Å². The summed E-state index contributed by atoms with van der Waals surface area (Å²) in [6, 6.07) is -0.462. The fourth-order valence-electron chi connectivity index (χ4n) is 2.17. The van der Waals surface area contributed by atoms with Crippen LogP contribution in [0.25, 0.3) is 0 Å². The van der Waals surface area contributed by atoms with Gasteiger partial charge in [0, 0.05) is 44.9 Å². The average Bonchev–Trinajstić information content (AvgIpc) is 3.21. The predicted molar refractivity (Wildman–Crippen MR) is 71.1 cm³/mol. The highest BCUT2D eigenvalue weighted by molar-refractivity contribution is 6.02. The van der Waals surface area contributed by atoms with Gasteiger partial charge in [-0.25, -0.2) is 9.59 Å². The zero-order chi connectivity index (χ0) is 14.5. The quantitative estimate of drug-likeness (QED) is 0.702. The summed E-state index contributed by atoms with van der Waals surface area (Å²) in [5, 5.41) is 10.5. The highest BCUT2D eigenvalue weighted by Gasteiger charge is 2.27. The molecule has 20 heavy (non-hydrogen) atoms. The monoisotopic (exact) mass is 281 g/mol. The molecule has 7 heteroatoms. The lowest BCUT2D eigenvalue weighted by atomic mass is 10.3. The van der Waals surface area contributed by atoms with Crippen LogP contribution in [-0.4, -0.2) is 65.5 Å². The topological polar surface area (TPSA) is 89.9 Å². The standard InChI is InChI=1S/C13H19N3O4/c17-11(3-4-12(18)19)14-13(20)16-7-5-15(6-8-16)9-10-1-2-10/h3-4,10H,1-2,5-9H2,(H,18,19)(H,14,17,20). The molecule has 1 aliphatic carbocycles. The molecule has 0 atom stereocenters. The number of urea groups is 1. The summed E-state index contributed by atoms with van der Waals surface area (Å²) in [5.74, 6) is -1.10. The van der Waals surface area contributed by atoms with E-state index in [1.54, 1.807) is 4.90 Å². The van der Waals surface area contributed by atoms with Crippen molar-refractivity contribution >= 4 is 17.9 Å². The van der Waals surface area contributed by atoms with Crippen molar-refractivity contribution in [1.29, 1.82) is 0 Å². The molecule has 7 nitrogen and oxygen atoms in total. The fourth-order valence-corrected chi connectivity index (χ4v) is 2.17. The van der Waals surface area contributed by atoms with Crippen LogP contribution in [0.3, 0.4) is 0 Å². The van der Waals surface area contributed by atoms with E-state index in [1.807, 2.05) is 0 Å². The molecule has 0 unspecified atom stereocenters. The molecule has 0 aromatic heterocycles. The number of hydrogen-bond donors (Lipinski definition) is 2. The molecule has 2 N–H and O–H groups in total. The lowest BCUT2D eigenvalue weighted by molar-refractivity contribution is -0.131. The highest BCUT2D eigenvalue weighted by atomic mass is 16.4. The number of nitrogens with zero attached hydrogens (tertiary/aromatic N) is 2.